The Bertz CT molecular complexity index is 422. The summed E-state index contributed by atoms with van der Waals surface area (Å²) < 4.78 is 0. The van der Waals surface area contributed by atoms with Gasteiger partial charge < -0.3 is 15.7 Å². The second-order valence-corrected chi connectivity index (χ2v) is 4.59. The number of hydrogen-bond donors (Lipinski definition) is 3. The minimum Gasteiger partial charge on any atom is -0.391 e. The lowest BCUT2D eigenvalue weighted by Gasteiger charge is -2.28. The van der Waals surface area contributed by atoms with Gasteiger partial charge in [0.15, 0.2) is 0 Å². The standard InChI is InChI=1S/C13H19N3O2/c1-14-12-8-4-6-10(15-12)13(18)16-9-5-2-3-7-11(9)17/h4,6,8-9,11,17H,2-3,5,7H2,1H3,(H,14,15)(H,16,18). The van der Waals surface area contributed by atoms with E-state index in [0.717, 1.165) is 25.7 Å². The topological polar surface area (TPSA) is 74.2 Å². The zero-order valence-electron chi connectivity index (χ0n) is 10.5. The third-order valence-electron chi connectivity index (χ3n) is 3.28. The first-order chi connectivity index (χ1) is 8.70. The predicted octanol–water partition coefficient (Wildman–Crippen LogP) is 1.16. The molecule has 0 saturated heterocycles. The van der Waals surface area contributed by atoms with Gasteiger partial charge in [0.25, 0.3) is 5.91 Å². The molecule has 1 aromatic heterocycles. The number of pyridine rings is 1. The van der Waals surface area contributed by atoms with Crippen molar-refractivity contribution in [2.75, 3.05) is 12.4 Å². The average molecular weight is 249 g/mol. The van der Waals surface area contributed by atoms with E-state index in [4.69, 9.17) is 0 Å². The first-order valence-corrected chi connectivity index (χ1v) is 6.34. The Morgan fingerprint density at radius 3 is 2.89 bits per heavy atom. The molecule has 1 aliphatic carbocycles. The lowest BCUT2D eigenvalue weighted by atomic mass is 9.92. The number of aliphatic hydroxyl groups excluding tert-OH is 1. The van der Waals surface area contributed by atoms with Gasteiger partial charge in [-0.15, -0.1) is 0 Å². The summed E-state index contributed by atoms with van der Waals surface area (Å²) in [5.74, 6) is 0.435. The zero-order valence-corrected chi connectivity index (χ0v) is 10.5. The van der Waals surface area contributed by atoms with Gasteiger partial charge in [0.05, 0.1) is 12.1 Å². The lowest BCUT2D eigenvalue weighted by molar-refractivity contribution is 0.0714. The second kappa shape index (κ2) is 5.82. The van der Waals surface area contributed by atoms with E-state index in [9.17, 15) is 9.90 Å². The number of aromatic nitrogens is 1. The number of carbonyl (C=O) groups is 1. The molecule has 0 bridgehead atoms. The van der Waals surface area contributed by atoms with E-state index >= 15 is 0 Å². The van der Waals surface area contributed by atoms with Crippen molar-refractivity contribution in [1.29, 1.82) is 0 Å². The van der Waals surface area contributed by atoms with Gasteiger partial charge in [-0.1, -0.05) is 18.9 Å². The van der Waals surface area contributed by atoms with E-state index in [-0.39, 0.29) is 11.9 Å². The maximum Gasteiger partial charge on any atom is 0.270 e. The highest BCUT2D eigenvalue weighted by atomic mass is 16.3. The number of aliphatic hydroxyl groups is 1. The second-order valence-electron chi connectivity index (χ2n) is 4.59. The summed E-state index contributed by atoms with van der Waals surface area (Å²) in [6, 6.07) is 5.11. The molecule has 0 aliphatic heterocycles. The van der Waals surface area contributed by atoms with Crippen molar-refractivity contribution in [3.05, 3.63) is 23.9 Å². The zero-order chi connectivity index (χ0) is 13.0. The van der Waals surface area contributed by atoms with Crippen molar-refractivity contribution in [2.24, 2.45) is 0 Å². The van der Waals surface area contributed by atoms with Crippen LogP contribution in [0.15, 0.2) is 18.2 Å². The molecule has 2 rings (SSSR count). The first kappa shape index (κ1) is 12.8. The Labute approximate surface area is 107 Å². The number of anilines is 1. The van der Waals surface area contributed by atoms with E-state index in [0.29, 0.717) is 11.5 Å². The number of nitrogens with one attached hydrogen (secondary N) is 2. The van der Waals surface area contributed by atoms with Crippen molar-refractivity contribution in [2.45, 2.75) is 37.8 Å². The number of hydrogen-bond acceptors (Lipinski definition) is 4. The summed E-state index contributed by atoms with van der Waals surface area (Å²) >= 11 is 0. The minimum absolute atomic E-state index is 0.147. The third kappa shape index (κ3) is 2.98. The van der Waals surface area contributed by atoms with Crippen LogP contribution in [0, 0.1) is 0 Å². The fourth-order valence-corrected chi connectivity index (χ4v) is 2.22. The Kier molecular flexibility index (Phi) is 4.15. The highest BCUT2D eigenvalue weighted by Crippen LogP contribution is 2.18. The molecule has 0 aromatic carbocycles. The molecular weight excluding hydrogens is 230 g/mol. The van der Waals surface area contributed by atoms with E-state index in [1.807, 2.05) is 0 Å². The summed E-state index contributed by atoms with van der Waals surface area (Å²) in [7, 11) is 1.76. The molecule has 1 aromatic rings. The third-order valence-corrected chi connectivity index (χ3v) is 3.28. The van der Waals surface area contributed by atoms with E-state index < -0.39 is 6.10 Å². The van der Waals surface area contributed by atoms with Crippen LogP contribution >= 0.6 is 0 Å². The van der Waals surface area contributed by atoms with Crippen LogP contribution in [0.4, 0.5) is 5.82 Å². The number of amides is 1. The molecule has 5 nitrogen and oxygen atoms in total. The molecule has 3 N–H and O–H groups in total. The molecule has 1 amide bonds. The molecule has 0 spiro atoms. The Hall–Kier alpha value is -1.62. The van der Waals surface area contributed by atoms with Crippen molar-refractivity contribution >= 4 is 11.7 Å². The maximum atomic E-state index is 12.0. The SMILES string of the molecule is CNc1cccc(C(=O)NC2CCCCC2O)n1. The van der Waals surface area contributed by atoms with Gasteiger partial charge in [-0.2, -0.15) is 0 Å². The van der Waals surface area contributed by atoms with Crippen LogP contribution in [-0.4, -0.2) is 35.2 Å². The monoisotopic (exact) mass is 249 g/mol. The van der Waals surface area contributed by atoms with Crippen LogP contribution in [0.5, 0.6) is 0 Å². The normalized spacial score (nSPS) is 23.4. The molecule has 5 heteroatoms. The Balaban J connectivity index is 2.02. The van der Waals surface area contributed by atoms with Crippen molar-refractivity contribution in [3.63, 3.8) is 0 Å². The molecule has 2 atom stereocenters. The molecule has 1 saturated carbocycles. The van der Waals surface area contributed by atoms with Crippen molar-refractivity contribution in [3.8, 4) is 0 Å². The van der Waals surface area contributed by atoms with Gasteiger partial charge in [0.2, 0.25) is 0 Å². The van der Waals surface area contributed by atoms with E-state index in [1.54, 1.807) is 25.2 Å². The van der Waals surface area contributed by atoms with Crippen molar-refractivity contribution in [1.82, 2.24) is 10.3 Å². The fraction of sp³-hybridized carbons (Fsp3) is 0.538. The lowest BCUT2D eigenvalue weighted by Crippen LogP contribution is -2.45. The fourth-order valence-electron chi connectivity index (χ4n) is 2.22. The summed E-state index contributed by atoms with van der Waals surface area (Å²) in [6.45, 7) is 0. The number of carbonyl (C=O) groups excluding carboxylic acids is 1. The van der Waals surface area contributed by atoms with Gasteiger partial charge >= 0.3 is 0 Å². The van der Waals surface area contributed by atoms with Crippen LogP contribution in [0.2, 0.25) is 0 Å². The minimum atomic E-state index is -0.435. The quantitative estimate of drug-likeness (QED) is 0.751. The molecule has 1 aliphatic rings. The average Bonchev–Trinajstić information content (AvgIpc) is 2.41. The maximum absolute atomic E-state index is 12.0. The molecule has 98 valence electrons. The number of rotatable bonds is 3. The predicted molar refractivity (Wildman–Crippen MR) is 69.5 cm³/mol. The van der Waals surface area contributed by atoms with Gasteiger partial charge in [0.1, 0.15) is 11.5 Å². The van der Waals surface area contributed by atoms with Crippen LogP contribution < -0.4 is 10.6 Å². The number of nitrogens with zero attached hydrogens (tertiary/aromatic N) is 1. The summed E-state index contributed by atoms with van der Waals surface area (Å²) in [5, 5.41) is 15.6. The van der Waals surface area contributed by atoms with Crippen LogP contribution in [0.25, 0.3) is 0 Å². The van der Waals surface area contributed by atoms with Gasteiger partial charge in [0, 0.05) is 7.05 Å². The van der Waals surface area contributed by atoms with Crippen LogP contribution in [0.1, 0.15) is 36.2 Å². The highest BCUT2D eigenvalue weighted by Gasteiger charge is 2.25. The highest BCUT2D eigenvalue weighted by molar-refractivity contribution is 5.92. The first-order valence-electron chi connectivity index (χ1n) is 6.34. The Morgan fingerprint density at radius 2 is 2.17 bits per heavy atom. The van der Waals surface area contributed by atoms with Crippen molar-refractivity contribution < 1.29 is 9.90 Å². The largest absolute Gasteiger partial charge is 0.391 e. The van der Waals surface area contributed by atoms with Gasteiger partial charge in [-0.3, -0.25) is 4.79 Å². The molecular formula is C13H19N3O2. The van der Waals surface area contributed by atoms with E-state index in [1.165, 1.54) is 0 Å². The summed E-state index contributed by atoms with van der Waals surface area (Å²) in [6.07, 6.45) is 3.23. The molecule has 1 heterocycles. The summed E-state index contributed by atoms with van der Waals surface area (Å²) in [4.78, 5) is 16.2. The van der Waals surface area contributed by atoms with E-state index in [2.05, 4.69) is 15.6 Å². The molecule has 0 radical (unpaired) electrons. The smallest absolute Gasteiger partial charge is 0.270 e. The summed E-state index contributed by atoms with van der Waals surface area (Å²) in [5.41, 5.74) is 0.375. The van der Waals surface area contributed by atoms with Crippen LogP contribution in [0.3, 0.4) is 0 Å². The van der Waals surface area contributed by atoms with Gasteiger partial charge in [-0.25, -0.2) is 4.98 Å². The molecule has 18 heavy (non-hydrogen) atoms. The molecule has 2 unspecified atom stereocenters. The van der Waals surface area contributed by atoms with Gasteiger partial charge in [-0.05, 0) is 25.0 Å². The molecule has 1 fully saturated rings. The van der Waals surface area contributed by atoms with Crippen LogP contribution in [-0.2, 0) is 0 Å². The Morgan fingerprint density at radius 1 is 1.39 bits per heavy atom.